The maximum absolute atomic E-state index is 4.36. The van der Waals surface area contributed by atoms with Crippen molar-refractivity contribution in [1.29, 1.82) is 0 Å². The van der Waals surface area contributed by atoms with E-state index in [9.17, 15) is 0 Å². The van der Waals surface area contributed by atoms with E-state index < -0.39 is 0 Å². The number of nitrogens with zero attached hydrogens (tertiary/aromatic N) is 1. The molecule has 0 unspecified atom stereocenters. The number of aliphatic imine (C=N–C) groups is 1. The van der Waals surface area contributed by atoms with E-state index in [-0.39, 0.29) is 0 Å². The Kier molecular flexibility index (Phi) is 2.26. The van der Waals surface area contributed by atoms with Crippen LogP contribution in [0, 0.1) is 0 Å². The van der Waals surface area contributed by atoms with E-state index in [0.717, 1.165) is 13.0 Å². The van der Waals surface area contributed by atoms with Crippen LogP contribution in [0.15, 0.2) is 40.9 Å². The molecule has 0 amide bonds. The lowest BCUT2D eigenvalue weighted by Gasteiger charge is -1.97. The van der Waals surface area contributed by atoms with Gasteiger partial charge in [0.1, 0.15) is 0 Å². The summed E-state index contributed by atoms with van der Waals surface area (Å²) in [6, 6.07) is 10.4. The topological polar surface area (TPSA) is 12.4 Å². The molecule has 2 rings (SSSR count). The predicted molar refractivity (Wildman–Crippen MR) is 57.0 cm³/mol. The minimum Gasteiger partial charge on any atom is -0.289 e. The van der Waals surface area contributed by atoms with Crippen molar-refractivity contribution in [2.75, 3.05) is 6.54 Å². The summed E-state index contributed by atoms with van der Waals surface area (Å²) in [5, 5.41) is 0. The van der Waals surface area contributed by atoms with Crippen LogP contribution >= 0.6 is 0 Å². The van der Waals surface area contributed by atoms with Gasteiger partial charge in [-0.2, -0.15) is 0 Å². The highest BCUT2D eigenvalue weighted by Gasteiger charge is 2.07. The fourth-order valence-electron chi connectivity index (χ4n) is 1.55. The van der Waals surface area contributed by atoms with Gasteiger partial charge in [0.05, 0.1) is 0 Å². The lowest BCUT2D eigenvalue weighted by atomic mass is 10.1. The summed E-state index contributed by atoms with van der Waals surface area (Å²) in [5.74, 6) is 0. The van der Waals surface area contributed by atoms with Gasteiger partial charge in [0.2, 0.25) is 0 Å². The minimum absolute atomic E-state index is 0.963. The van der Waals surface area contributed by atoms with Crippen LogP contribution in [0.1, 0.15) is 18.9 Å². The summed E-state index contributed by atoms with van der Waals surface area (Å²) in [7, 11) is 0. The third-order valence-corrected chi connectivity index (χ3v) is 2.34. The zero-order valence-corrected chi connectivity index (χ0v) is 7.83. The normalized spacial score (nSPS) is 19.2. The van der Waals surface area contributed by atoms with Crippen LogP contribution in [0.5, 0.6) is 0 Å². The Morgan fingerprint density at radius 3 is 2.62 bits per heavy atom. The molecule has 0 fully saturated rings. The highest BCUT2D eigenvalue weighted by molar-refractivity contribution is 6.03. The van der Waals surface area contributed by atoms with Gasteiger partial charge in [0, 0.05) is 12.3 Å². The van der Waals surface area contributed by atoms with Crippen molar-refractivity contribution >= 4 is 11.8 Å². The Bertz CT molecular complexity index is 347. The van der Waals surface area contributed by atoms with Crippen LogP contribution in [-0.2, 0) is 0 Å². The van der Waals surface area contributed by atoms with Gasteiger partial charge >= 0.3 is 0 Å². The predicted octanol–water partition coefficient (Wildman–Crippen LogP) is 2.93. The maximum atomic E-state index is 4.36. The molecule has 0 bridgehead atoms. The highest BCUT2D eigenvalue weighted by Crippen LogP contribution is 2.16. The van der Waals surface area contributed by atoms with Crippen molar-refractivity contribution in [2.45, 2.75) is 13.3 Å². The molecule has 0 aliphatic carbocycles. The SMILES string of the molecule is CC1=NCCC1=Cc1ccccc1. The fraction of sp³-hybridized carbons (Fsp3) is 0.250. The van der Waals surface area contributed by atoms with E-state index in [0.29, 0.717) is 0 Å². The second-order valence-electron chi connectivity index (χ2n) is 3.30. The Labute approximate surface area is 78.8 Å². The largest absolute Gasteiger partial charge is 0.289 e. The first-order valence-corrected chi connectivity index (χ1v) is 4.63. The summed E-state index contributed by atoms with van der Waals surface area (Å²) in [6.45, 7) is 3.05. The molecule has 13 heavy (non-hydrogen) atoms. The molecule has 1 nitrogen and oxygen atoms in total. The maximum Gasteiger partial charge on any atom is 0.0433 e. The van der Waals surface area contributed by atoms with E-state index in [4.69, 9.17) is 0 Å². The number of rotatable bonds is 1. The van der Waals surface area contributed by atoms with Crippen LogP contribution in [-0.4, -0.2) is 12.3 Å². The molecule has 0 atom stereocenters. The van der Waals surface area contributed by atoms with Crippen LogP contribution in [0.3, 0.4) is 0 Å². The van der Waals surface area contributed by atoms with Crippen molar-refractivity contribution in [3.8, 4) is 0 Å². The van der Waals surface area contributed by atoms with E-state index in [2.05, 4.69) is 42.3 Å². The van der Waals surface area contributed by atoms with Crippen LogP contribution < -0.4 is 0 Å². The molecular formula is C12H13N. The van der Waals surface area contributed by atoms with Crippen LogP contribution in [0.2, 0.25) is 0 Å². The van der Waals surface area contributed by atoms with Gasteiger partial charge in [-0.05, 0) is 30.6 Å². The van der Waals surface area contributed by atoms with Gasteiger partial charge in [-0.25, -0.2) is 0 Å². The number of benzene rings is 1. The van der Waals surface area contributed by atoms with Crippen molar-refractivity contribution in [3.05, 3.63) is 41.5 Å². The Morgan fingerprint density at radius 1 is 1.23 bits per heavy atom. The van der Waals surface area contributed by atoms with E-state index >= 15 is 0 Å². The zero-order valence-electron chi connectivity index (χ0n) is 7.83. The minimum atomic E-state index is 0.963. The quantitative estimate of drug-likeness (QED) is 0.616. The molecule has 1 aromatic rings. The van der Waals surface area contributed by atoms with Gasteiger partial charge in [0.15, 0.2) is 0 Å². The Hall–Kier alpha value is -1.37. The lowest BCUT2D eigenvalue weighted by Crippen LogP contribution is -1.88. The number of hydrogen-bond acceptors (Lipinski definition) is 1. The summed E-state index contributed by atoms with van der Waals surface area (Å²) in [5.41, 5.74) is 3.85. The van der Waals surface area contributed by atoms with E-state index in [1.54, 1.807) is 0 Å². The van der Waals surface area contributed by atoms with Gasteiger partial charge in [0.25, 0.3) is 0 Å². The van der Waals surface area contributed by atoms with E-state index in [1.807, 2.05) is 6.07 Å². The van der Waals surface area contributed by atoms with Crippen molar-refractivity contribution < 1.29 is 0 Å². The van der Waals surface area contributed by atoms with Gasteiger partial charge in [-0.3, -0.25) is 4.99 Å². The number of hydrogen-bond donors (Lipinski definition) is 0. The summed E-state index contributed by atoms with van der Waals surface area (Å²) < 4.78 is 0. The first-order valence-electron chi connectivity index (χ1n) is 4.63. The first-order chi connectivity index (χ1) is 6.36. The summed E-state index contributed by atoms with van der Waals surface area (Å²) >= 11 is 0. The Balaban J connectivity index is 2.26. The third-order valence-electron chi connectivity index (χ3n) is 2.34. The van der Waals surface area contributed by atoms with Gasteiger partial charge in [-0.15, -0.1) is 0 Å². The van der Waals surface area contributed by atoms with Crippen molar-refractivity contribution in [3.63, 3.8) is 0 Å². The molecule has 0 N–H and O–H groups in total. The molecule has 1 heteroatoms. The molecule has 0 saturated carbocycles. The monoisotopic (exact) mass is 171 g/mol. The molecule has 1 aliphatic rings. The smallest absolute Gasteiger partial charge is 0.0433 e. The van der Waals surface area contributed by atoms with Crippen molar-refractivity contribution in [1.82, 2.24) is 0 Å². The molecular weight excluding hydrogens is 158 g/mol. The van der Waals surface area contributed by atoms with Gasteiger partial charge < -0.3 is 0 Å². The summed E-state index contributed by atoms with van der Waals surface area (Å²) in [6.07, 6.45) is 3.33. The van der Waals surface area contributed by atoms with Crippen LogP contribution in [0.4, 0.5) is 0 Å². The summed E-state index contributed by atoms with van der Waals surface area (Å²) in [4.78, 5) is 4.36. The fourth-order valence-corrected chi connectivity index (χ4v) is 1.55. The zero-order chi connectivity index (χ0) is 9.10. The third kappa shape index (κ3) is 1.86. The average Bonchev–Trinajstić information content (AvgIpc) is 2.54. The molecule has 1 aliphatic heterocycles. The van der Waals surface area contributed by atoms with Gasteiger partial charge in [-0.1, -0.05) is 30.3 Å². The molecule has 1 aromatic carbocycles. The standard InChI is InChI=1S/C12H13N/c1-10-12(7-8-13-10)9-11-5-3-2-4-6-11/h2-6,9H,7-8H2,1H3. The van der Waals surface area contributed by atoms with Crippen LogP contribution in [0.25, 0.3) is 6.08 Å². The van der Waals surface area contributed by atoms with E-state index in [1.165, 1.54) is 16.8 Å². The molecule has 0 spiro atoms. The molecule has 0 radical (unpaired) electrons. The average molecular weight is 171 g/mol. The molecule has 66 valence electrons. The molecule has 1 heterocycles. The second-order valence-corrected chi connectivity index (χ2v) is 3.30. The highest BCUT2D eigenvalue weighted by atomic mass is 14.8. The lowest BCUT2D eigenvalue weighted by molar-refractivity contribution is 1.05. The molecule has 0 aromatic heterocycles. The Morgan fingerprint density at radius 2 is 2.00 bits per heavy atom. The molecule has 0 saturated heterocycles. The van der Waals surface area contributed by atoms with Crippen molar-refractivity contribution in [2.24, 2.45) is 4.99 Å². The first kappa shape index (κ1) is 8.24. The second kappa shape index (κ2) is 3.56.